The van der Waals surface area contributed by atoms with Gasteiger partial charge in [0.15, 0.2) is 0 Å². The van der Waals surface area contributed by atoms with E-state index in [2.05, 4.69) is 62.6 Å². The number of rotatable bonds is 6. The summed E-state index contributed by atoms with van der Waals surface area (Å²) in [7, 11) is 0. The quantitative estimate of drug-likeness (QED) is 0.515. The summed E-state index contributed by atoms with van der Waals surface area (Å²) in [6.07, 6.45) is 2.50. The Hall–Kier alpha value is -3.88. The number of carbonyl (C=O) groups is 3. The van der Waals surface area contributed by atoms with Gasteiger partial charge in [0.25, 0.3) is 5.91 Å². The number of carbonyl (C=O) groups excluding carboxylic acids is 3. The highest BCUT2D eigenvalue weighted by Crippen LogP contribution is 2.30. The molecule has 0 spiro atoms. The number of piperidine rings is 1. The van der Waals surface area contributed by atoms with Crippen LogP contribution in [-0.2, 0) is 22.7 Å². The Kier molecular flexibility index (Phi) is 6.74. The Morgan fingerprint density at radius 1 is 0.921 bits per heavy atom. The van der Waals surface area contributed by atoms with Crippen LogP contribution >= 0.6 is 0 Å². The van der Waals surface area contributed by atoms with Crippen LogP contribution in [-0.4, -0.2) is 69.6 Å². The Morgan fingerprint density at radius 3 is 2.45 bits per heavy atom. The molecule has 2 saturated heterocycles. The maximum absolute atomic E-state index is 13.0. The molecule has 2 aromatic carbocycles. The summed E-state index contributed by atoms with van der Waals surface area (Å²) in [6, 6.07) is 22.2. The molecule has 4 heterocycles. The van der Waals surface area contributed by atoms with Crippen LogP contribution in [0.2, 0.25) is 0 Å². The zero-order valence-electron chi connectivity index (χ0n) is 21.3. The summed E-state index contributed by atoms with van der Waals surface area (Å²) >= 11 is 0. The number of piperazine rings is 1. The second-order valence-electron chi connectivity index (χ2n) is 10.3. The van der Waals surface area contributed by atoms with Crippen LogP contribution < -0.4 is 5.32 Å². The zero-order valence-corrected chi connectivity index (χ0v) is 21.3. The van der Waals surface area contributed by atoms with Gasteiger partial charge in [-0.2, -0.15) is 0 Å². The van der Waals surface area contributed by atoms with Crippen LogP contribution in [0.4, 0.5) is 0 Å². The Bertz CT molecular complexity index is 1300. The van der Waals surface area contributed by atoms with E-state index in [9.17, 15) is 14.4 Å². The van der Waals surface area contributed by atoms with E-state index in [1.54, 1.807) is 4.90 Å². The van der Waals surface area contributed by atoms with Crippen LogP contribution in [0.15, 0.2) is 72.9 Å². The van der Waals surface area contributed by atoms with Crippen molar-refractivity contribution >= 4 is 17.7 Å². The lowest BCUT2D eigenvalue weighted by molar-refractivity contribution is -0.136. The van der Waals surface area contributed by atoms with Gasteiger partial charge in [-0.05, 0) is 41.3 Å². The highest BCUT2D eigenvalue weighted by atomic mass is 16.2. The van der Waals surface area contributed by atoms with Gasteiger partial charge in [0, 0.05) is 57.4 Å². The van der Waals surface area contributed by atoms with Crippen LogP contribution in [0.5, 0.6) is 0 Å². The highest BCUT2D eigenvalue weighted by Gasteiger charge is 2.39. The molecule has 2 fully saturated rings. The molecular formula is C30H31N5O3. The largest absolute Gasteiger partial charge is 0.322 e. The molecule has 8 nitrogen and oxygen atoms in total. The highest BCUT2D eigenvalue weighted by molar-refractivity contribution is 6.05. The third kappa shape index (κ3) is 4.85. The van der Waals surface area contributed by atoms with Gasteiger partial charge in [-0.1, -0.05) is 48.5 Å². The molecule has 0 radical (unpaired) electrons. The van der Waals surface area contributed by atoms with Gasteiger partial charge < -0.3 is 4.90 Å². The third-order valence-electron chi connectivity index (χ3n) is 7.85. The van der Waals surface area contributed by atoms with E-state index in [4.69, 9.17) is 0 Å². The molecule has 8 heteroatoms. The second kappa shape index (κ2) is 10.5. The zero-order chi connectivity index (χ0) is 26.1. The summed E-state index contributed by atoms with van der Waals surface area (Å²) in [5.74, 6) is -0.774. The molecule has 1 aromatic heterocycles. The van der Waals surface area contributed by atoms with Crippen LogP contribution in [0.25, 0.3) is 0 Å². The van der Waals surface area contributed by atoms with Crippen molar-refractivity contribution in [3.05, 3.63) is 101 Å². The molecular weight excluding hydrogens is 478 g/mol. The van der Waals surface area contributed by atoms with E-state index in [0.717, 1.165) is 44.0 Å². The minimum Gasteiger partial charge on any atom is -0.322 e. The smallest absolute Gasteiger partial charge is 0.255 e. The number of fused-ring (bicyclic) bond motifs is 1. The molecule has 3 aliphatic rings. The van der Waals surface area contributed by atoms with E-state index >= 15 is 0 Å². The minimum absolute atomic E-state index is 0.129. The lowest BCUT2D eigenvalue weighted by atomic mass is 10.00. The molecule has 3 aliphatic heterocycles. The molecule has 0 saturated carbocycles. The van der Waals surface area contributed by atoms with E-state index in [1.165, 1.54) is 11.1 Å². The summed E-state index contributed by atoms with van der Waals surface area (Å²) in [4.78, 5) is 48.1. The maximum Gasteiger partial charge on any atom is 0.255 e. The van der Waals surface area contributed by atoms with Crippen LogP contribution in [0.1, 0.15) is 51.6 Å². The topological polar surface area (TPSA) is 85.9 Å². The minimum atomic E-state index is -0.583. The Labute approximate surface area is 222 Å². The third-order valence-corrected chi connectivity index (χ3v) is 7.85. The molecule has 1 unspecified atom stereocenters. The van der Waals surface area contributed by atoms with Crippen molar-refractivity contribution in [2.24, 2.45) is 0 Å². The molecule has 2 atom stereocenters. The van der Waals surface area contributed by atoms with Crippen molar-refractivity contribution < 1.29 is 14.4 Å². The molecule has 3 amide bonds. The molecule has 3 aromatic rings. The molecule has 194 valence electrons. The van der Waals surface area contributed by atoms with Crippen LogP contribution in [0, 0.1) is 0 Å². The number of benzene rings is 2. The summed E-state index contributed by atoms with van der Waals surface area (Å²) in [6.45, 7) is 4.97. The first-order chi connectivity index (χ1) is 18.6. The van der Waals surface area contributed by atoms with Crippen molar-refractivity contribution in [3.8, 4) is 0 Å². The van der Waals surface area contributed by atoms with Crippen LogP contribution in [0.3, 0.4) is 0 Å². The molecule has 38 heavy (non-hydrogen) atoms. The molecule has 0 bridgehead atoms. The summed E-state index contributed by atoms with van der Waals surface area (Å²) in [5, 5.41) is 2.37. The second-order valence-corrected chi connectivity index (χ2v) is 10.3. The number of hydrogen-bond donors (Lipinski definition) is 1. The average molecular weight is 510 g/mol. The summed E-state index contributed by atoms with van der Waals surface area (Å²) < 4.78 is 0. The van der Waals surface area contributed by atoms with Gasteiger partial charge in [-0.25, -0.2) is 0 Å². The van der Waals surface area contributed by atoms with E-state index in [1.807, 2.05) is 30.5 Å². The molecule has 0 aliphatic carbocycles. The Morgan fingerprint density at radius 2 is 1.71 bits per heavy atom. The average Bonchev–Trinajstić information content (AvgIpc) is 3.26. The predicted octanol–water partition coefficient (Wildman–Crippen LogP) is 2.75. The van der Waals surface area contributed by atoms with Crippen molar-refractivity contribution in [3.63, 3.8) is 0 Å². The molecule has 1 N–H and O–H groups in total. The lowest BCUT2D eigenvalue weighted by Crippen LogP contribution is -2.52. The standard InChI is InChI=1S/C30H31N5O3/c36-27-12-11-26(29(37)32-27)35-20-23-18-21(9-10-24(23)30(35)38)19-33-14-16-34(17-15-33)28(22-6-2-1-3-7-22)25-8-4-5-13-31-25/h1-10,13,18,26,28H,11-12,14-17,19-20H2,(H,32,36,37)/t26?,28-/m1/s1. The number of aromatic nitrogens is 1. The number of hydrogen-bond acceptors (Lipinski definition) is 6. The fraction of sp³-hybridized carbons (Fsp3) is 0.333. The van der Waals surface area contributed by atoms with Gasteiger partial charge >= 0.3 is 0 Å². The number of imide groups is 1. The van der Waals surface area contributed by atoms with Crippen molar-refractivity contribution in [2.45, 2.75) is 38.0 Å². The number of nitrogens with zero attached hydrogens (tertiary/aromatic N) is 4. The Balaban J connectivity index is 1.11. The van der Waals surface area contributed by atoms with Gasteiger partial charge in [0.1, 0.15) is 6.04 Å². The van der Waals surface area contributed by atoms with Gasteiger partial charge in [0.2, 0.25) is 11.8 Å². The van der Waals surface area contributed by atoms with E-state index in [-0.39, 0.29) is 30.2 Å². The maximum atomic E-state index is 13.0. The van der Waals surface area contributed by atoms with Crippen molar-refractivity contribution in [1.29, 1.82) is 0 Å². The SMILES string of the molecule is O=C1CCC(N2Cc3cc(CN4CCN([C@H](c5ccccc5)c5ccccn5)CC4)ccc3C2=O)C(=O)N1. The normalized spacial score (nSPS) is 21.3. The lowest BCUT2D eigenvalue weighted by Gasteiger charge is -2.39. The van der Waals surface area contributed by atoms with Gasteiger partial charge in [0.05, 0.1) is 11.7 Å². The van der Waals surface area contributed by atoms with Crippen molar-refractivity contribution in [2.75, 3.05) is 26.2 Å². The first-order valence-electron chi connectivity index (χ1n) is 13.3. The van der Waals surface area contributed by atoms with Gasteiger partial charge in [-0.15, -0.1) is 0 Å². The van der Waals surface area contributed by atoms with E-state index in [0.29, 0.717) is 18.5 Å². The number of nitrogens with one attached hydrogen (secondary N) is 1. The van der Waals surface area contributed by atoms with Gasteiger partial charge in [-0.3, -0.25) is 34.5 Å². The number of pyridine rings is 1. The molecule has 6 rings (SSSR count). The first kappa shape index (κ1) is 24.5. The summed E-state index contributed by atoms with van der Waals surface area (Å²) in [5.41, 5.74) is 5.10. The number of amides is 3. The fourth-order valence-corrected chi connectivity index (χ4v) is 5.91. The van der Waals surface area contributed by atoms with E-state index < -0.39 is 6.04 Å². The first-order valence-corrected chi connectivity index (χ1v) is 13.3. The monoisotopic (exact) mass is 509 g/mol. The predicted molar refractivity (Wildman–Crippen MR) is 142 cm³/mol. The fourth-order valence-electron chi connectivity index (χ4n) is 5.91. The van der Waals surface area contributed by atoms with Crippen molar-refractivity contribution in [1.82, 2.24) is 25.0 Å².